The van der Waals surface area contributed by atoms with E-state index >= 15 is 0 Å². The van der Waals surface area contributed by atoms with E-state index in [-0.39, 0.29) is 0 Å². The molecular formula is C6H12ClN3. The van der Waals surface area contributed by atoms with Crippen LogP contribution in [-0.2, 0) is 0 Å². The van der Waals surface area contributed by atoms with Crippen molar-refractivity contribution in [3.63, 3.8) is 0 Å². The minimum atomic E-state index is 0.412. The zero-order valence-corrected chi connectivity index (χ0v) is 6.59. The Morgan fingerprint density at radius 3 is 2.80 bits per heavy atom. The van der Waals surface area contributed by atoms with Crippen LogP contribution in [0.1, 0.15) is 0 Å². The topological polar surface area (TPSA) is 41.6 Å². The first-order valence-electron chi connectivity index (χ1n) is 3.02. The molecule has 0 aliphatic carbocycles. The third-order valence-corrected chi connectivity index (χ3v) is 1.01. The Hall–Kier alpha value is -0.540. The van der Waals surface area contributed by atoms with Crippen LogP contribution in [0.5, 0.6) is 0 Å². The summed E-state index contributed by atoms with van der Waals surface area (Å²) in [6.45, 7) is 4.78. The molecule has 0 aromatic carbocycles. The summed E-state index contributed by atoms with van der Waals surface area (Å²) < 4.78 is 0. The van der Waals surface area contributed by atoms with E-state index in [4.69, 9.17) is 17.3 Å². The second-order valence-corrected chi connectivity index (χ2v) is 1.90. The quantitative estimate of drug-likeness (QED) is 0.365. The number of halogens is 1. The van der Waals surface area contributed by atoms with Crippen LogP contribution in [0.25, 0.3) is 0 Å². The molecule has 0 spiro atoms. The van der Waals surface area contributed by atoms with Gasteiger partial charge in [0.05, 0.1) is 12.4 Å². The van der Waals surface area contributed by atoms with Gasteiger partial charge in [0.1, 0.15) is 0 Å². The predicted molar refractivity (Wildman–Crippen MR) is 45.2 cm³/mol. The van der Waals surface area contributed by atoms with E-state index in [9.17, 15) is 0 Å². The number of rotatable bonds is 5. The van der Waals surface area contributed by atoms with Crippen LogP contribution in [-0.4, -0.2) is 30.2 Å². The Bertz CT molecular complexity index is 114. The number of nitrogens with zero attached hydrogens (tertiary/aromatic N) is 2. The van der Waals surface area contributed by atoms with Crippen molar-refractivity contribution in [2.45, 2.75) is 0 Å². The molecular weight excluding hydrogens is 150 g/mol. The van der Waals surface area contributed by atoms with Gasteiger partial charge in [-0.3, -0.25) is 5.01 Å². The van der Waals surface area contributed by atoms with Crippen LogP contribution in [0.15, 0.2) is 17.9 Å². The number of hydrogen-bond donors (Lipinski definition) is 1. The van der Waals surface area contributed by atoms with E-state index in [1.807, 2.05) is 0 Å². The maximum Gasteiger partial charge on any atom is 0.0595 e. The van der Waals surface area contributed by atoms with E-state index in [0.717, 1.165) is 0 Å². The van der Waals surface area contributed by atoms with E-state index in [1.165, 1.54) is 0 Å². The molecule has 0 bridgehead atoms. The minimum Gasteiger partial charge on any atom is -0.329 e. The lowest BCUT2D eigenvalue weighted by Gasteiger charge is -2.10. The van der Waals surface area contributed by atoms with Gasteiger partial charge >= 0.3 is 0 Å². The molecule has 0 saturated carbocycles. The van der Waals surface area contributed by atoms with Crippen LogP contribution in [0, 0.1) is 0 Å². The van der Waals surface area contributed by atoms with Crippen molar-refractivity contribution in [3.05, 3.63) is 12.8 Å². The molecule has 2 N–H and O–H groups in total. The van der Waals surface area contributed by atoms with Gasteiger partial charge in [-0.25, -0.2) is 0 Å². The van der Waals surface area contributed by atoms with E-state index in [1.54, 1.807) is 17.4 Å². The first-order chi connectivity index (χ1) is 4.85. The molecule has 0 heterocycles. The third kappa shape index (κ3) is 4.35. The number of alkyl halides is 1. The predicted octanol–water partition coefficient (Wildman–Crippen LogP) is 0.615. The molecule has 0 amide bonds. The van der Waals surface area contributed by atoms with E-state index in [2.05, 4.69) is 11.7 Å². The van der Waals surface area contributed by atoms with Crippen LogP contribution in [0.4, 0.5) is 0 Å². The summed E-state index contributed by atoms with van der Waals surface area (Å²) in [5, 5.41) is 5.57. The van der Waals surface area contributed by atoms with Crippen molar-refractivity contribution in [2.24, 2.45) is 10.8 Å². The third-order valence-electron chi connectivity index (χ3n) is 0.868. The number of hydrogen-bond acceptors (Lipinski definition) is 3. The Kier molecular flexibility index (Phi) is 6.22. The van der Waals surface area contributed by atoms with Gasteiger partial charge in [0.2, 0.25) is 0 Å². The average molecular weight is 162 g/mol. The van der Waals surface area contributed by atoms with E-state index < -0.39 is 0 Å². The normalized spacial score (nSPS) is 10.2. The first kappa shape index (κ1) is 9.46. The Morgan fingerprint density at radius 2 is 2.40 bits per heavy atom. The zero-order valence-electron chi connectivity index (χ0n) is 5.83. The summed E-state index contributed by atoms with van der Waals surface area (Å²) in [6, 6.07) is 0. The molecule has 4 heteroatoms. The highest BCUT2D eigenvalue weighted by Gasteiger charge is 1.88. The Balaban J connectivity index is 3.59. The molecule has 0 atom stereocenters. The highest BCUT2D eigenvalue weighted by atomic mass is 35.5. The Labute approximate surface area is 66.1 Å². The summed E-state index contributed by atoms with van der Waals surface area (Å²) >= 11 is 5.36. The second-order valence-electron chi connectivity index (χ2n) is 1.59. The van der Waals surface area contributed by atoms with Gasteiger partial charge in [-0.2, -0.15) is 5.10 Å². The maximum atomic E-state index is 5.36. The Morgan fingerprint density at radius 1 is 1.70 bits per heavy atom. The van der Waals surface area contributed by atoms with E-state index in [0.29, 0.717) is 19.0 Å². The largest absolute Gasteiger partial charge is 0.329 e. The molecule has 0 fully saturated rings. The molecule has 0 aromatic heterocycles. The smallest absolute Gasteiger partial charge is 0.0595 e. The summed E-state index contributed by atoms with van der Waals surface area (Å²) in [5.74, 6) is 0.412. The molecule has 58 valence electrons. The van der Waals surface area contributed by atoms with Crippen molar-refractivity contribution in [1.29, 1.82) is 0 Å². The van der Waals surface area contributed by atoms with Gasteiger partial charge in [0, 0.05) is 19.0 Å². The molecule has 0 aliphatic rings. The molecule has 0 rings (SSSR count). The highest BCUT2D eigenvalue weighted by Crippen LogP contribution is 1.86. The second kappa shape index (κ2) is 6.58. The molecule has 0 aromatic rings. The zero-order chi connectivity index (χ0) is 7.82. The van der Waals surface area contributed by atoms with Gasteiger partial charge < -0.3 is 5.73 Å². The van der Waals surface area contributed by atoms with Crippen molar-refractivity contribution in [3.8, 4) is 0 Å². The molecule has 0 aliphatic heterocycles. The van der Waals surface area contributed by atoms with Crippen molar-refractivity contribution in [1.82, 2.24) is 5.01 Å². The minimum absolute atomic E-state index is 0.412. The summed E-state index contributed by atoms with van der Waals surface area (Å²) in [7, 11) is 0. The van der Waals surface area contributed by atoms with Crippen molar-refractivity contribution in [2.75, 3.05) is 19.0 Å². The standard InChI is InChI=1S/C6H12ClN3/c1-2-10(6-4-8)9-5-3-7/h2,5H,1,3-4,6,8H2/b9-5-. The van der Waals surface area contributed by atoms with Gasteiger partial charge in [-0.1, -0.05) is 6.58 Å². The molecule has 0 unspecified atom stereocenters. The van der Waals surface area contributed by atoms with Crippen molar-refractivity contribution < 1.29 is 0 Å². The lowest BCUT2D eigenvalue weighted by molar-refractivity contribution is 0.412. The summed E-state index contributed by atoms with van der Waals surface area (Å²) in [4.78, 5) is 0. The van der Waals surface area contributed by atoms with Gasteiger partial charge in [-0.15, -0.1) is 11.6 Å². The molecule has 0 saturated heterocycles. The highest BCUT2D eigenvalue weighted by molar-refractivity contribution is 6.24. The monoisotopic (exact) mass is 161 g/mol. The lowest BCUT2D eigenvalue weighted by Crippen LogP contribution is -2.19. The molecule has 10 heavy (non-hydrogen) atoms. The van der Waals surface area contributed by atoms with Gasteiger partial charge in [0.25, 0.3) is 0 Å². The number of nitrogens with two attached hydrogens (primary N) is 1. The first-order valence-corrected chi connectivity index (χ1v) is 3.56. The fourth-order valence-corrected chi connectivity index (χ4v) is 0.526. The fraction of sp³-hybridized carbons (Fsp3) is 0.500. The SMILES string of the molecule is C=CN(CCN)/N=C\CCl. The van der Waals surface area contributed by atoms with Crippen LogP contribution >= 0.6 is 11.6 Å². The maximum absolute atomic E-state index is 5.36. The van der Waals surface area contributed by atoms with Crippen LogP contribution in [0.2, 0.25) is 0 Å². The average Bonchev–Trinajstić information content (AvgIpc) is 1.98. The molecule has 0 radical (unpaired) electrons. The van der Waals surface area contributed by atoms with Crippen LogP contribution in [0.3, 0.4) is 0 Å². The van der Waals surface area contributed by atoms with Crippen molar-refractivity contribution >= 4 is 17.8 Å². The lowest BCUT2D eigenvalue weighted by atomic mass is 10.6. The fourth-order valence-electron chi connectivity index (χ4n) is 0.464. The van der Waals surface area contributed by atoms with Crippen LogP contribution < -0.4 is 5.73 Å². The number of hydrazone groups is 1. The summed E-state index contributed by atoms with van der Waals surface area (Å²) in [6.07, 6.45) is 3.20. The van der Waals surface area contributed by atoms with Gasteiger partial charge in [0.15, 0.2) is 0 Å². The van der Waals surface area contributed by atoms with Gasteiger partial charge in [-0.05, 0) is 0 Å². The summed E-state index contributed by atoms with van der Waals surface area (Å²) in [5.41, 5.74) is 5.28. The molecule has 3 nitrogen and oxygen atoms in total.